The number of hydrogen-bond acceptors (Lipinski definition) is 5. The predicted molar refractivity (Wildman–Crippen MR) is 105 cm³/mol. The smallest absolute Gasteiger partial charge is 0.240 e. The van der Waals surface area contributed by atoms with Gasteiger partial charge in [-0.15, -0.1) is 0 Å². The van der Waals surface area contributed by atoms with Crippen LogP contribution in [0.15, 0.2) is 59.5 Å². The number of nitrogens with one attached hydrogen (secondary N) is 1. The van der Waals surface area contributed by atoms with Gasteiger partial charge in [-0.05, 0) is 43.3 Å². The summed E-state index contributed by atoms with van der Waals surface area (Å²) in [7, 11) is -2.17. The molecule has 27 heavy (non-hydrogen) atoms. The molecule has 2 aromatic carbocycles. The molecule has 0 amide bonds. The van der Waals surface area contributed by atoms with Crippen molar-refractivity contribution in [2.45, 2.75) is 11.8 Å². The Morgan fingerprint density at radius 3 is 2.33 bits per heavy atom. The van der Waals surface area contributed by atoms with Crippen molar-refractivity contribution in [3.05, 3.63) is 65.7 Å². The summed E-state index contributed by atoms with van der Waals surface area (Å²) in [4.78, 5) is 4.53. The van der Waals surface area contributed by atoms with E-state index in [0.717, 1.165) is 11.1 Å². The maximum absolute atomic E-state index is 11.9. The fourth-order valence-corrected chi connectivity index (χ4v) is 3.57. The lowest BCUT2D eigenvalue weighted by Gasteiger charge is -2.12. The van der Waals surface area contributed by atoms with Crippen molar-refractivity contribution in [3.63, 3.8) is 0 Å². The van der Waals surface area contributed by atoms with E-state index in [1.807, 2.05) is 31.2 Å². The number of nitrogens with zero attached hydrogens (tertiary/aromatic N) is 2. The van der Waals surface area contributed by atoms with Crippen LogP contribution in [0.1, 0.15) is 11.1 Å². The van der Waals surface area contributed by atoms with Gasteiger partial charge in [-0.1, -0.05) is 36.4 Å². The number of benzene rings is 2. The van der Waals surface area contributed by atoms with Crippen LogP contribution in [-0.2, 0) is 10.0 Å². The van der Waals surface area contributed by atoms with Crippen molar-refractivity contribution >= 4 is 15.8 Å². The highest BCUT2D eigenvalue weighted by molar-refractivity contribution is 7.89. The first-order chi connectivity index (χ1) is 12.9. The van der Waals surface area contributed by atoms with Crippen LogP contribution in [0.5, 0.6) is 0 Å². The number of sulfonamides is 1. The highest BCUT2D eigenvalue weighted by Gasteiger charge is 2.16. The predicted octanol–water partition coefficient (Wildman–Crippen LogP) is 3.09. The number of anilines is 1. The van der Waals surface area contributed by atoms with Gasteiger partial charge in [0.15, 0.2) is 0 Å². The standard InChI is InChI=1S/C20H18N4O2S/c1-13-5-3-4-6-16(13)19-11-17(18(12-21)20(22)24-19)14-7-9-15(10-8-14)27(25,26)23-2/h3-11,23H,1-2H3,(H2,22,24). The van der Waals surface area contributed by atoms with E-state index in [0.29, 0.717) is 16.8 Å². The molecule has 136 valence electrons. The third kappa shape index (κ3) is 3.53. The number of nitrogens with two attached hydrogens (primary N) is 1. The molecule has 0 spiro atoms. The first kappa shape index (κ1) is 18.6. The second kappa shape index (κ2) is 7.19. The number of hydrogen-bond donors (Lipinski definition) is 2. The molecule has 1 aromatic heterocycles. The molecule has 0 fully saturated rings. The summed E-state index contributed by atoms with van der Waals surface area (Å²) in [5.41, 5.74) is 10.2. The highest BCUT2D eigenvalue weighted by atomic mass is 32.2. The zero-order valence-corrected chi connectivity index (χ0v) is 15.7. The van der Waals surface area contributed by atoms with E-state index in [4.69, 9.17) is 5.73 Å². The summed E-state index contributed by atoms with van der Waals surface area (Å²) >= 11 is 0. The SMILES string of the molecule is CNS(=O)(=O)c1ccc(-c2cc(-c3ccccc3C)nc(N)c2C#N)cc1. The van der Waals surface area contributed by atoms with Crippen LogP contribution in [0.3, 0.4) is 0 Å². The number of aryl methyl sites for hydroxylation is 1. The van der Waals surface area contributed by atoms with E-state index < -0.39 is 10.0 Å². The molecular weight excluding hydrogens is 360 g/mol. The molecule has 3 N–H and O–H groups in total. The maximum atomic E-state index is 11.9. The average molecular weight is 378 g/mol. The first-order valence-corrected chi connectivity index (χ1v) is 9.66. The van der Waals surface area contributed by atoms with E-state index in [1.54, 1.807) is 18.2 Å². The Labute approximate surface area is 158 Å². The van der Waals surface area contributed by atoms with Crippen molar-refractivity contribution < 1.29 is 8.42 Å². The molecule has 3 rings (SSSR count). The molecule has 0 saturated heterocycles. The third-order valence-corrected chi connectivity index (χ3v) is 5.75. The van der Waals surface area contributed by atoms with E-state index in [2.05, 4.69) is 15.8 Å². The summed E-state index contributed by atoms with van der Waals surface area (Å²) in [5.74, 6) is 0.139. The largest absolute Gasteiger partial charge is 0.383 e. The second-order valence-electron chi connectivity index (χ2n) is 5.97. The second-order valence-corrected chi connectivity index (χ2v) is 7.86. The molecular formula is C20H18N4O2S. The van der Waals surface area contributed by atoms with E-state index >= 15 is 0 Å². The fourth-order valence-electron chi connectivity index (χ4n) is 2.84. The van der Waals surface area contributed by atoms with Gasteiger partial charge in [-0.25, -0.2) is 18.1 Å². The molecule has 1 heterocycles. The van der Waals surface area contributed by atoms with Crippen LogP contribution >= 0.6 is 0 Å². The Kier molecular flexibility index (Phi) is 4.95. The average Bonchev–Trinajstić information content (AvgIpc) is 2.68. The summed E-state index contributed by atoms with van der Waals surface area (Å²) in [6.07, 6.45) is 0. The maximum Gasteiger partial charge on any atom is 0.240 e. The van der Waals surface area contributed by atoms with Crippen LogP contribution in [0.4, 0.5) is 5.82 Å². The van der Waals surface area contributed by atoms with Crippen molar-refractivity contribution in [2.24, 2.45) is 0 Å². The number of pyridine rings is 1. The van der Waals surface area contributed by atoms with Crippen molar-refractivity contribution in [1.29, 1.82) is 5.26 Å². The quantitative estimate of drug-likeness (QED) is 0.725. The van der Waals surface area contributed by atoms with E-state index in [-0.39, 0.29) is 16.3 Å². The topological polar surface area (TPSA) is 109 Å². The van der Waals surface area contributed by atoms with Crippen molar-refractivity contribution in [3.8, 4) is 28.5 Å². The molecule has 0 atom stereocenters. The van der Waals surface area contributed by atoms with Gasteiger partial charge in [0, 0.05) is 11.1 Å². The molecule has 0 aliphatic heterocycles. The molecule has 0 bridgehead atoms. The van der Waals surface area contributed by atoms with Gasteiger partial charge >= 0.3 is 0 Å². The van der Waals surface area contributed by atoms with Crippen LogP contribution in [0.25, 0.3) is 22.4 Å². The summed E-state index contributed by atoms with van der Waals surface area (Å²) in [6, 6.07) is 18.0. The number of aromatic nitrogens is 1. The molecule has 0 unspecified atom stereocenters. The Balaban J connectivity index is 2.18. The molecule has 3 aromatic rings. The Hall–Kier alpha value is -3.21. The van der Waals surface area contributed by atoms with Crippen LogP contribution < -0.4 is 10.5 Å². The van der Waals surface area contributed by atoms with Gasteiger partial charge < -0.3 is 5.73 Å². The molecule has 0 radical (unpaired) electrons. The van der Waals surface area contributed by atoms with Gasteiger partial charge in [0.1, 0.15) is 17.5 Å². The fraction of sp³-hybridized carbons (Fsp3) is 0.100. The minimum Gasteiger partial charge on any atom is -0.383 e. The van der Waals surface area contributed by atoms with Gasteiger partial charge in [0.05, 0.1) is 10.6 Å². The van der Waals surface area contributed by atoms with Crippen LogP contribution in [0.2, 0.25) is 0 Å². The summed E-state index contributed by atoms with van der Waals surface area (Å²) in [6.45, 7) is 1.97. The number of nitriles is 1. The summed E-state index contributed by atoms with van der Waals surface area (Å²) in [5, 5.41) is 9.52. The van der Waals surface area contributed by atoms with E-state index in [9.17, 15) is 13.7 Å². The van der Waals surface area contributed by atoms with Gasteiger partial charge in [-0.2, -0.15) is 5.26 Å². The zero-order valence-electron chi connectivity index (χ0n) is 14.9. The van der Waals surface area contributed by atoms with Crippen molar-refractivity contribution in [1.82, 2.24) is 9.71 Å². The van der Waals surface area contributed by atoms with E-state index in [1.165, 1.54) is 19.2 Å². The Morgan fingerprint density at radius 1 is 1.07 bits per heavy atom. The summed E-state index contributed by atoms with van der Waals surface area (Å²) < 4.78 is 26.1. The number of rotatable bonds is 4. The Bertz CT molecular complexity index is 1150. The van der Waals surface area contributed by atoms with Gasteiger partial charge in [-0.3, -0.25) is 0 Å². The third-order valence-electron chi connectivity index (χ3n) is 4.32. The van der Waals surface area contributed by atoms with Gasteiger partial charge in [0.2, 0.25) is 10.0 Å². The molecule has 6 nitrogen and oxygen atoms in total. The molecule has 0 aliphatic rings. The minimum atomic E-state index is -3.53. The Morgan fingerprint density at radius 2 is 1.74 bits per heavy atom. The highest BCUT2D eigenvalue weighted by Crippen LogP contribution is 2.32. The van der Waals surface area contributed by atoms with Gasteiger partial charge in [0.25, 0.3) is 0 Å². The first-order valence-electron chi connectivity index (χ1n) is 8.18. The molecule has 0 aliphatic carbocycles. The molecule has 0 saturated carbocycles. The lowest BCUT2D eigenvalue weighted by Crippen LogP contribution is -2.18. The number of nitrogen functional groups attached to an aromatic ring is 1. The van der Waals surface area contributed by atoms with Crippen molar-refractivity contribution in [2.75, 3.05) is 12.8 Å². The minimum absolute atomic E-state index is 0.139. The lowest BCUT2D eigenvalue weighted by atomic mass is 9.97. The van der Waals surface area contributed by atoms with Crippen LogP contribution in [-0.4, -0.2) is 20.4 Å². The monoisotopic (exact) mass is 378 g/mol. The molecule has 7 heteroatoms. The lowest BCUT2D eigenvalue weighted by molar-refractivity contribution is 0.588. The normalized spacial score (nSPS) is 11.1. The van der Waals surface area contributed by atoms with Crippen LogP contribution in [0, 0.1) is 18.3 Å². The zero-order chi connectivity index (χ0) is 19.6.